The molecule has 23 heteroatoms. The first kappa shape index (κ1) is 75.5. The fourth-order valence-electron chi connectivity index (χ4n) is 9.91. The number of hydrogen-bond acceptors (Lipinski definition) is 17. The minimum atomic E-state index is -0.758. The summed E-state index contributed by atoms with van der Waals surface area (Å²) >= 11 is 0. The molecule has 0 radical (unpaired) electrons. The summed E-state index contributed by atoms with van der Waals surface area (Å²) in [5.74, 6) is -3.97. The Labute approximate surface area is 545 Å². The minimum Gasteiger partial charge on any atom is -0.377 e. The molecular weight excluding hydrogens is 1200 g/mol. The first-order valence-electron chi connectivity index (χ1n) is 32.5. The molecule has 2 saturated heterocycles. The summed E-state index contributed by atoms with van der Waals surface area (Å²) in [5.41, 5.74) is 11.1. The van der Waals surface area contributed by atoms with Crippen LogP contribution in [-0.4, -0.2) is 150 Å². The van der Waals surface area contributed by atoms with Gasteiger partial charge < -0.3 is 54.6 Å². The minimum absolute atomic E-state index is 0.0371. The number of amides is 6. The van der Waals surface area contributed by atoms with Crippen LogP contribution in [0.25, 0.3) is 0 Å². The SMILES string of the molecule is O=C1COCCOCC(=O)N[C@H](C(=O)CCCC(=O)ONC(=O)Cc2ccc(CCCCc3ccccc3)cc2)CCCCN1.O=C1COCCOCCOCC(=O)N[C@H](C(=O)CCCC(=O)ONC(=O)Cc2ccc(CCCCc3ccccc3)cc2)CCCCN1. The van der Waals surface area contributed by atoms with Crippen molar-refractivity contribution in [1.82, 2.24) is 32.2 Å². The Hall–Kier alpha value is -8.22. The summed E-state index contributed by atoms with van der Waals surface area (Å²) in [7, 11) is 0. The average Bonchev–Trinajstić information content (AvgIpc) is 3.56. The van der Waals surface area contributed by atoms with Crippen molar-refractivity contribution in [1.29, 1.82) is 0 Å². The van der Waals surface area contributed by atoms with E-state index >= 15 is 0 Å². The maximum absolute atomic E-state index is 12.9. The lowest BCUT2D eigenvalue weighted by molar-refractivity contribution is -0.158. The fourth-order valence-corrected chi connectivity index (χ4v) is 9.91. The summed E-state index contributed by atoms with van der Waals surface area (Å²) < 4.78 is 26.3. The summed E-state index contributed by atoms with van der Waals surface area (Å²) in [6, 6.07) is 35.0. The highest BCUT2D eigenvalue weighted by Crippen LogP contribution is 2.15. The van der Waals surface area contributed by atoms with Crippen molar-refractivity contribution in [3.63, 3.8) is 0 Å². The van der Waals surface area contributed by atoms with E-state index in [1.54, 1.807) is 0 Å². The Kier molecular flexibility index (Phi) is 38.0. The topological polar surface area (TPSA) is 307 Å². The Bertz CT molecular complexity index is 2880. The first-order chi connectivity index (χ1) is 45.3. The molecule has 2 aliphatic rings. The molecule has 6 amide bonds. The van der Waals surface area contributed by atoms with Crippen molar-refractivity contribution >= 4 is 58.9 Å². The van der Waals surface area contributed by atoms with Crippen LogP contribution in [0.4, 0.5) is 0 Å². The first-order valence-corrected chi connectivity index (χ1v) is 32.5. The van der Waals surface area contributed by atoms with E-state index in [-0.39, 0.29) is 134 Å². The zero-order valence-corrected chi connectivity index (χ0v) is 53.5. The van der Waals surface area contributed by atoms with Gasteiger partial charge in [-0.3, -0.25) is 38.4 Å². The number of ketones is 2. The van der Waals surface area contributed by atoms with E-state index in [1.807, 2.05) is 60.7 Å². The molecule has 0 unspecified atom stereocenters. The van der Waals surface area contributed by atoms with Gasteiger partial charge in [0.1, 0.15) is 26.4 Å². The highest BCUT2D eigenvalue weighted by atomic mass is 16.7. The third kappa shape index (κ3) is 36.0. The van der Waals surface area contributed by atoms with Gasteiger partial charge in [-0.25, -0.2) is 9.59 Å². The molecule has 93 heavy (non-hydrogen) atoms. The van der Waals surface area contributed by atoms with Crippen LogP contribution in [0.5, 0.6) is 0 Å². The smallest absolute Gasteiger partial charge is 0.332 e. The number of carbonyl (C=O) groups excluding carboxylic acids is 10. The largest absolute Gasteiger partial charge is 0.377 e. The van der Waals surface area contributed by atoms with Crippen LogP contribution in [0, 0.1) is 0 Å². The van der Waals surface area contributed by atoms with E-state index in [4.69, 9.17) is 33.4 Å². The van der Waals surface area contributed by atoms with E-state index in [2.05, 4.69) is 80.8 Å². The molecule has 2 aliphatic heterocycles. The quantitative estimate of drug-likeness (QED) is 0.0353. The molecule has 4 aromatic rings. The van der Waals surface area contributed by atoms with Crippen LogP contribution in [-0.2, 0) is 120 Å². The molecular formula is C70H94N6O17. The third-order valence-electron chi connectivity index (χ3n) is 15.0. The molecule has 0 aromatic heterocycles. The second kappa shape index (κ2) is 46.8. The Morgan fingerprint density at radius 2 is 0.699 bits per heavy atom. The van der Waals surface area contributed by atoms with Gasteiger partial charge in [-0.05, 0) is 136 Å². The van der Waals surface area contributed by atoms with Crippen LogP contribution in [0.15, 0.2) is 109 Å². The summed E-state index contributed by atoms with van der Waals surface area (Å²) in [6.45, 7) is 1.58. The normalized spacial score (nSPS) is 17.0. The van der Waals surface area contributed by atoms with Gasteiger partial charge in [0.2, 0.25) is 23.6 Å². The summed E-state index contributed by atoms with van der Waals surface area (Å²) in [4.78, 5) is 133. The van der Waals surface area contributed by atoms with Crippen LogP contribution < -0.4 is 32.2 Å². The van der Waals surface area contributed by atoms with Gasteiger partial charge in [-0.2, -0.15) is 11.0 Å². The van der Waals surface area contributed by atoms with Gasteiger partial charge in [0.15, 0.2) is 11.6 Å². The van der Waals surface area contributed by atoms with Gasteiger partial charge in [0.05, 0.1) is 64.6 Å². The Balaban J connectivity index is 0.000000338. The number of unbranched alkanes of at least 4 members (excludes halogenated alkanes) is 2. The predicted molar refractivity (Wildman–Crippen MR) is 344 cm³/mol. The lowest BCUT2D eigenvalue weighted by Crippen LogP contribution is -2.42. The van der Waals surface area contributed by atoms with Gasteiger partial charge in [-0.1, -0.05) is 109 Å². The summed E-state index contributed by atoms with van der Waals surface area (Å²) in [6.07, 6.45) is 12.1. The molecule has 23 nitrogen and oxygen atoms in total. The number of benzene rings is 4. The van der Waals surface area contributed by atoms with Crippen LogP contribution in [0.3, 0.4) is 0 Å². The number of rotatable bonds is 24. The van der Waals surface area contributed by atoms with Crippen molar-refractivity contribution in [3.05, 3.63) is 143 Å². The van der Waals surface area contributed by atoms with Gasteiger partial charge in [0.25, 0.3) is 11.8 Å². The number of aryl methyl sites for hydroxylation is 4. The molecule has 6 N–H and O–H groups in total. The fraction of sp³-hybridized carbons (Fsp3) is 0.514. The molecule has 0 saturated carbocycles. The van der Waals surface area contributed by atoms with E-state index in [1.165, 1.54) is 22.3 Å². The van der Waals surface area contributed by atoms with Crippen LogP contribution in [0.2, 0.25) is 0 Å². The molecule has 4 aromatic carbocycles. The Morgan fingerprint density at radius 1 is 0.376 bits per heavy atom. The second-order valence-corrected chi connectivity index (χ2v) is 22.8. The number of ether oxygens (including phenoxy) is 5. The molecule has 0 aliphatic carbocycles. The number of carbonyl (C=O) groups is 10. The van der Waals surface area contributed by atoms with Crippen LogP contribution >= 0.6 is 0 Å². The van der Waals surface area contributed by atoms with Crippen LogP contribution in [0.1, 0.15) is 136 Å². The molecule has 0 spiro atoms. The average molecular weight is 1290 g/mol. The van der Waals surface area contributed by atoms with Gasteiger partial charge in [0, 0.05) is 38.8 Å². The van der Waals surface area contributed by atoms with Gasteiger partial charge >= 0.3 is 11.9 Å². The lowest BCUT2D eigenvalue weighted by Gasteiger charge is -2.18. The molecule has 6 rings (SSSR count). The standard InChI is InChI=1S/C36H49N3O9.C34H45N3O8/c40-32(31-13-6-7-20-37-34(42)26-46-23-21-45-22-24-47-27-35(43)38-31)14-8-15-36(44)48-39-33(41)25-30-18-16-29(17-19-30)12-5-4-11-28-9-2-1-3-10-28;38-30(29-13-6-7-20-35-32(40)24-43-21-22-44-25-33(41)36-29)14-8-15-34(42)45-37-31(39)23-28-18-16-27(17-19-28)12-5-4-11-26-9-2-1-3-10-26/h1-3,9-10,16-19,31H,4-8,11-15,20-27H2,(H,37,42)(H,38,43)(H,39,41);1-3,9-10,16-19,29H,4-8,11-15,20-25H2,(H,35,40)(H,36,41)(H,37,39)/t31-;29-/m00/s1. The molecule has 506 valence electrons. The van der Waals surface area contributed by atoms with E-state index in [0.29, 0.717) is 58.2 Å². The van der Waals surface area contributed by atoms with Crippen molar-refractivity contribution in [3.8, 4) is 0 Å². The molecule has 0 bridgehead atoms. The molecule has 2 atom stereocenters. The lowest BCUT2D eigenvalue weighted by atomic mass is 10.0. The zero-order valence-electron chi connectivity index (χ0n) is 53.5. The van der Waals surface area contributed by atoms with E-state index < -0.39 is 47.7 Å². The maximum Gasteiger partial charge on any atom is 0.332 e. The number of hydrogen-bond donors (Lipinski definition) is 6. The van der Waals surface area contributed by atoms with Crippen molar-refractivity contribution < 1.29 is 81.3 Å². The van der Waals surface area contributed by atoms with Crippen molar-refractivity contribution in [2.24, 2.45) is 0 Å². The second-order valence-electron chi connectivity index (χ2n) is 22.8. The zero-order chi connectivity index (χ0) is 66.4. The number of nitrogens with one attached hydrogen (secondary N) is 6. The molecule has 2 fully saturated rings. The van der Waals surface area contributed by atoms with Crippen molar-refractivity contribution in [2.45, 2.75) is 153 Å². The highest BCUT2D eigenvalue weighted by molar-refractivity contribution is 5.90. The number of hydroxylamine groups is 2. The van der Waals surface area contributed by atoms with E-state index in [0.717, 1.165) is 62.5 Å². The summed E-state index contributed by atoms with van der Waals surface area (Å²) in [5, 5.41) is 10.9. The molecule has 2 heterocycles. The van der Waals surface area contributed by atoms with Gasteiger partial charge in [-0.15, -0.1) is 0 Å². The number of Topliss-reactive ketones (excluding diaryl/α,β-unsaturated/α-hetero) is 2. The Morgan fingerprint density at radius 3 is 1.06 bits per heavy atom. The highest BCUT2D eigenvalue weighted by Gasteiger charge is 2.23. The third-order valence-corrected chi connectivity index (χ3v) is 15.0. The monoisotopic (exact) mass is 1290 g/mol. The van der Waals surface area contributed by atoms with E-state index in [9.17, 15) is 47.9 Å². The predicted octanol–water partition coefficient (Wildman–Crippen LogP) is 5.87. The maximum atomic E-state index is 12.9. The van der Waals surface area contributed by atoms with Crippen molar-refractivity contribution in [2.75, 3.05) is 79.2 Å².